The molecule has 218 valence electrons. The maximum atomic E-state index is 5.09. The zero-order valence-corrected chi connectivity index (χ0v) is 25.9. The maximum absolute atomic E-state index is 5.09. The molecule has 0 atom stereocenters. The maximum Gasteiger partial charge on any atom is 0.142 e. The second-order valence-corrected chi connectivity index (χ2v) is 11.6. The van der Waals surface area contributed by atoms with Crippen LogP contribution in [0.5, 0.6) is 0 Å². The first-order valence-corrected chi connectivity index (χ1v) is 15.6. The van der Waals surface area contributed by atoms with Crippen LogP contribution < -0.4 is 10.4 Å². The van der Waals surface area contributed by atoms with E-state index in [-0.39, 0.29) is 0 Å². The minimum Gasteiger partial charge on any atom is -0.292 e. The molecule has 2 heteroatoms. The predicted molar refractivity (Wildman–Crippen MR) is 194 cm³/mol. The summed E-state index contributed by atoms with van der Waals surface area (Å²) < 4.78 is 2.36. The van der Waals surface area contributed by atoms with E-state index in [1.807, 2.05) is 6.92 Å². The van der Waals surface area contributed by atoms with Crippen LogP contribution in [0.4, 0.5) is 0 Å². The summed E-state index contributed by atoms with van der Waals surface area (Å²) in [5, 5.41) is 3.64. The van der Waals surface area contributed by atoms with E-state index in [2.05, 4.69) is 158 Å². The van der Waals surface area contributed by atoms with E-state index >= 15 is 0 Å². The van der Waals surface area contributed by atoms with Gasteiger partial charge < -0.3 is 0 Å². The molecule has 0 radical (unpaired) electrons. The van der Waals surface area contributed by atoms with E-state index in [1.165, 1.54) is 43.6 Å². The smallest absolute Gasteiger partial charge is 0.142 e. The Morgan fingerprint density at radius 3 is 2.36 bits per heavy atom. The van der Waals surface area contributed by atoms with Crippen molar-refractivity contribution in [3.63, 3.8) is 0 Å². The Morgan fingerprint density at radius 2 is 1.56 bits per heavy atom. The van der Waals surface area contributed by atoms with Gasteiger partial charge in [-0.1, -0.05) is 122 Å². The van der Waals surface area contributed by atoms with Crippen molar-refractivity contribution >= 4 is 51.4 Å². The van der Waals surface area contributed by atoms with Crippen molar-refractivity contribution in [2.75, 3.05) is 0 Å². The number of aromatic nitrogens is 2. The highest BCUT2D eigenvalue weighted by molar-refractivity contribution is 5.99. The molecule has 2 heterocycles. The highest BCUT2D eigenvalue weighted by Gasteiger charge is 2.19. The van der Waals surface area contributed by atoms with Gasteiger partial charge in [0.2, 0.25) is 0 Å². The topological polar surface area (TPSA) is 17.3 Å². The molecule has 0 saturated heterocycles. The number of allylic oxidation sites excluding steroid dienone is 7. The van der Waals surface area contributed by atoms with Crippen molar-refractivity contribution in [2.24, 2.45) is 0 Å². The van der Waals surface area contributed by atoms with E-state index < -0.39 is 0 Å². The number of pyridine rings is 1. The molecule has 2 aromatic heterocycles. The number of nitrogens with zero attached hydrogens (tertiary/aromatic N) is 2. The van der Waals surface area contributed by atoms with Crippen molar-refractivity contribution in [2.45, 2.75) is 26.7 Å². The molecular formula is C43H36N2. The van der Waals surface area contributed by atoms with Crippen LogP contribution in [0.1, 0.15) is 37.0 Å². The largest absolute Gasteiger partial charge is 0.292 e. The van der Waals surface area contributed by atoms with Crippen LogP contribution in [0.25, 0.3) is 62.5 Å². The van der Waals surface area contributed by atoms with Gasteiger partial charge in [-0.3, -0.25) is 4.40 Å². The minimum atomic E-state index is 0.958. The molecule has 1 aliphatic carbocycles. The first kappa shape index (κ1) is 28.3. The summed E-state index contributed by atoms with van der Waals surface area (Å²) in [5.74, 6) is 0. The molecule has 6 aromatic rings. The standard InChI is InChI=1S/C43H36N2/c1-5-31(30(4)27-35-14-8-7-13-32(35)6-2)20-19-29(3)33-21-23-34(24-22-33)36-25-26-38-37-15-9-10-16-39(37)43-44-40-17-11-12-18-41(40)45(43)42(38)28-36/h5-9,11-15,17-28H,3-4,10,16H2,1-2H3/b20-19-,31-5+,32-6-,35-27-. The molecule has 0 N–H and O–H groups in total. The average molecular weight is 581 g/mol. The molecule has 0 fully saturated rings. The van der Waals surface area contributed by atoms with Crippen LogP contribution in [0, 0.1) is 0 Å². The number of benzene rings is 4. The second-order valence-electron chi connectivity index (χ2n) is 11.6. The molecule has 7 rings (SSSR count). The number of para-hydroxylation sites is 2. The van der Waals surface area contributed by atoms with Gasteiger partial charge in [0.05, 0.1) is 16.6 Å². The van der Waals surface area contributed by atoms with Gasteiger partial charge in [0.1, 0.15) is 5.65 Å². The number of hydrogen-bond acceptors (Lipinski definition) is 1. The average Bonchev–Trinajstić information content (AvgIpc) is 3.49. The lowest BCUT2D eigenvalue weighted by molar-refractivity contribution is 0.984. The van der Waals surface area contributed by atoms with Gasteiger partial charge in [0.25, 0.3) is 0 Å². The summed E-state index contributed by atoms with van der Waals surface area (Å²) in [5.41, 5.74) is 13.6. The molecule has 0 aliphatic heterocycles. The van der Waals surface area contributed by atoms with Crippen molar-refractivity contribution in [1.82, 2.24) is 9.38 Å². The van der Waals surface area contributed by atoms with Crippen LogP contribution in [-0.2, 0) is 6.42 Å². The van der Waals surface area contributed by atoms with E-state index in [0.717, 1.165) is 51.8 Å². The Labute approximate surface area is 264 Å². The summed E-state index contributed by atoms with van der Waals surface area (Å²) in [6.45, 7) is 12.8. The number of aryl methyl sites for hydroxylation is 1. The zero-order chi connectivity index (χ0) is 30.9. The molecule has 0 unspecified atom stereocenters. The summed E-state index contributed by atoms with van der Waals surface area (Å²) in [6, 6.07) is 32.4. The number of imidazole rings is 1. The van der Waals surface area contributed by atoms with E-state index in [4.69, 9.17) is 4.98 Å². The van der Waals surface area contributed by atoms with Gasteiger partial charge in [-0.25, -0.2) is 4.98 Å². The number of hydrogen-bond donors (Lipinski definition) is 0. The van der Waals surface area contributed by atoms with Crippen LogP contribution in [0.2, 0.25) is 0 Å². The molecule has 0 bridgehead atoms. The van der Waals surface area contributed by atoms with E-state index in [1.54, 1.807) is 0 Å². The highest BCUT2D eigenvalue weighted by Crippen LogP contribution is 2.36. The number of rotatable bonds is 6. The van der Waals surface area contributed by atoms with Gasteiger partial charge in [-0.2, -0.15) is 0 Å². The van der Waals surface area contributed by atoms with Crippen molar-refractivity contribution in [3.8, 4) is 11.1 Å². The third kappa shape index (κ3) is 5.19. The zero-order valence-electron chi connectivity index (χ0n) is 25.9. The summed E-state index contributed by atoms with van der Waals surface area (Å²) in [4.78, 5) is 5.09. The monoisotopic (exact) mass is 580 g/mol. The first-order chi connectivity index (χ1) is 22.1. The van der Waals surface area contributed by atoms with Gasteiger partial charge in [-0.05, 0) is 100 Å². The molecule has 0 spiro atoms. The Kier molecular flexibility index (Phi) is 7.49. The lowest BCUT2D eigenvalue weighted by atomic mass is 9.93. The Balaban J connectivity index is 1.20. The third-order valence-electron chi connectivity index (χ3n) is 8.90. The summed E-state index contributed by atoms with van der Waals surface area (Å²) in [7, 11) is 0. The second kappa shape index (κ2) is 11.9. The number of fused-ring (bicyclic) bond motifs is 8. The van der Waals surface area contributed by atoms with E-state index in [9.17, 15) is 0 Å². The first-order valence-electron chi connectivity index (χ1n) is 15.6. The molecule has 2 nitrogen and oxygen atoms in total. The molecule has 45 heavy (non-hydrogen) atoms. The molecule has 4 aromatic carbocycles. The summed E-state index contributed by atoms with van der Waals surface area (Å²) >= 11 is 0. The van der Waals surface area contributed by atoms with Gasteiger partial charge in [0, 0.05) is 10.9 Å². The SMILES string of the molecule is C=C(/C=c1/cccc/c1=C/C)C(/C=C\C(=C)c1ccc(-c2ccc3c4c(c5nc6ccccc6n5c3c2)CCC=C4)cc1)=C/C. The third-order valence-corrected chi connectivity index (χ3v) is 8.90. The predicted octanol–water partition coefficient (Wildman–Crippen LogP) is 9.62. The van der Waals surface area contributed by atoms with Crippen molar-refractivity contribution in [3.05, 3.63) is 167 Å². The van der Waals surface area contributed by atoms with Crippen LogP contribution in [0.3, 0.4) is 0 Å². The van der Waals surface area contributed by atoms with Crippen LogP contribution >= 0.6 is 0 Å². The summed E-state index contributed by atoms with van der Waals surface area (Å²) in [6.07, 6.45) is 17.2. The van der Waals surface area contributed by atoms with Crippen molar-refractivity contribution in [1.29, 1.82) is 0 Å². The Bertz CT molecular complexity index is 2360. The molecular weight excluding hydrogens is 544 g/mol. The van der Waals surface area contributed by atoms with Crippen LogP contribution in [-0.4, -0.2) is 9.38 Å². The quantitative estimate of drug-likeness (QED) is 0.179. The normalized spacial score (nSPS) is 14.2. The highest BCUT2D eigenvalue weighted by atomic mass is 15.0. The van der Waals surface area contributed by atoms with Crippen molar-refractivity contribution < 1.29 is 0 Å². The lowest BCUT2D eigenvalue weighted by Crippen LogP contribution is -2.23. The Morgan fingerprint density at radius 1 is 0.800 bits per heavy atom. The lowest BCUT2D eigenvalue weighted by Gasteiger charge is -2.17. The molecule has 0 saturated carbocycles. The fourth-order valence-corrected chi connectivity index (χ4v) is 6.47. The molecule has 0 amide bonds. The Hall–Kier alpha value is -5.47. The molecule has 1 aliphatic rings. The van der Waals surface area contributed by atoms with Gasteiger partial charge in [-0.15, -0.1) is 0 Å². The van der Waals surface area contributed by atoms with Gasteiger partial charge in [0.15, 0.2) is 0 Å². The fourth-order valence-electron chi connectivity index (χ4n) is 6.47. The van der Waals surface area contributed by atoms with E-state index in [0.29, 0.717) is 0 Å². The fraction of sp³-hybridized carbons (Fsp3) is 0.0930. The minimum absolute atomic E-state index is 0.958. The van der Waals surface area contributed by atoms with Crippen LogP contribution in [0.15, 0.2) is 140 Å². The van der Waals surface area contributed by atoms with Gasteiger partial charge >= 0.3 is 0 Å².